The fourth-order valence-corrected chi connectivity index (χ4v) is 2.09. The molecule has 0 spiro atoms. The fourth-order valence-electron chi connectivity index (χ4n) is 1.51. The summed E-state index contributed by atoms with van der Waals surface area (Å²) in [7, 11) is -1.03. The predicted molar refractivity (Wildman–Crippen MR) is 59.3 cm³/mol. The van der Waals surface area contributed by atoms with Crippen LogP contribution in [0.3, 0.4) is 0 Å². The summed E-state index contributed by atoms with van der Waals surface area (Å²) in [5.74, 6) is -0.0275. The molecule has 4 nitrogen and oxygen atoms in total. The van der Waals surface area contributed by atoms with Gasteiger partial charge in [-0.3, -0.25) is 5.41 Å². The Morgan fingerprint density at radius 2 is 1.93 bits per heavy atom. The summed E-state index contributed by atoms with van der Waals surface area (Å²) in [4.78, 5) is 2.91. The number of amidine groups is 1. The second-order valence-electron chi connectivity index (χ2n) is 2.99. The summed E-state index contributed by atoms with van der Waals surface area (Å²) in [6, 6.07) is 7.48. The zero-order valence-electron chi connectivity index (χ0n) is 7.78. The standard InChI is InChI=1S/C9H10N3OP.Cr/c10-8(11)7-5-3-1-2-4-6(5)9(12-7)14-13;/h1-4,12H,14H2,(H3,10,11);. The summed E-state index contributed by atoms with van der Waals surface area (Å²) >= 11 is 0. The van der Waals surface area contributed by atoms with Gasteiger partial charge in [0.05, 0.1) is 11.1 Å². The van der Waals surface area contributed by atoms with E-state index in [0.717, 1.165) is 10.8 Å². The van der Waals surface area contributed by atoms with Crippen LogP contribution in [0.1, 0.15) is 5.69 Å². The molecule has 1 aromatic carbocycles. The Kier molecular flexibility index (Phi) is 3.76. The molecule has 78 valence electrons. The van der Waals surface area contributed by atoms with Crippen LogP contribution in [-0.2, 0) is 21.9 Å². The van der Waals surface area contributed by atoms with Crippen molar-refractivity contribution in [3.05, 3.63) is 30.0 Å². The zero-order valence-corrected chi connectivity index (χ0v) is 10.2. The minimum atomic E-state index is -1.03. The molecule has 4 N–H and O–H groups in total. The Bertz CT molecular complexity index is 523. The number of fused-ring (bicyclic) bond motifs is 1. The number of hydrogen-bond donors (Lipinski definition) is 3. The molecule has 0 aliphatic carbocycles. The average Bonchev–Trinajstić information content (AvgIpc) is 2.56. The van der Waals surface area contributed by atoms with Crippen LogP contribution in [0.2, 0.25) is 0 Å². The number of aromatic amines is 1. The van der Waals surface area contributed by atoms with Crippen molar-refractivity contribution in [2.75, 3.05) is 0 Å². The van der Waals surface area contributed by atoms with E-state index in [1.807, 2.05) is 24.3 Å². The van der Waals surface area contributed by atoms with E-state index in [9.17, 15) is 4.57 Å². The summed E-state index contributed by atoms with van der Waals surface area (Å²) in [6.45, 7) is 0. The van der Waals surface area contributed by atoms with Gasteiger partial charge in [0.25, 0.3) is 0 Å². The third kappa shape index (κ3) is 2.00. The number of nitrogens with two attached hydrogens (primary N) is 1. The van der Waals surface area contributed by atoms with E-state index in [2.05, 4.69) is 4.98 Å². The zero-order chi connectivity index (χ0) is 10.1. The monoisotopic (exact) mass is 259 g/mol. The van der Waals surface area contributed by atoms with E-state index in [4.69, 9.17) is 11.1 Å². The molecule has 1 heterocycles. The van der Waals surface area contributed by atoms with Gasteiger partial charge in [-0.1, -0.05) is 24.3 Å². The van der Waals surface area contributed by atoms with E-state index in [1.54, 1.807) is 0 Å². The first-order valence-electron chi connectivity index (χ1n) is 4.14. The maximum absolute atomic E-state index is 10.9. The molecule has 0 fully saturated rings. The number of aromatic nitrogens is 1. The predicted octanol–water partition coefficient (Wildman–Crippen LogP) is 0.831. The molecule has 1 unspecified atom stereocenters. The second-order valence-corrected chi connectivity index (χ2v) is 3.80. The van der Waals surface area contributed by atoms with Crippen LogP contribution in [0.25, 0.3) is 10.8 Å². The van der Waals surface area contributed by atoms with Crippen LogP contribution in [-0.4, -0.2) is 10.8 Å². The first-order valence-corrected chi connectivity index (χ1v) is 5.19. The molecule has 15 heavy (non-hydrogen) atoms. The molecule has 0 aliphatic heterocycles. The summed E-state index contributed by atoms with van der Waals surface area (Å²) in [5.41, 5.74) is 6.63. The van der Waals surface area contributed by atoms with Gasteiger partial charge in [-0.2, -0.15) is 0 Å². The van der Waals surface area contributed by atoms with Gasteiger partial charge in [0.2, 0.25) is 0 Å². The van der Waals surface area contributed by atoms with Crippen LogP contribution in [0.5, 0.6) is 0 Å². The van der Waals surface area contributed by atoms with Crippen molar-refractivity contribution in [1.29, 1.82) is 5.41 Å². The van der Waals surface area contributed by atoms with Gasteiger partial charge < -0.3 is 15.3 Å². The Hall–Kier alpha value is -1.01. The molecule has 1 atom stereocenters. The first-order chi connectivity index (χ1) is 6.74. The SMILES string of the molecule is N=C(N)c1[nH]c([PH2]=O)c2ccccc12.[Cr]. The topological polar surface area (TPSA) is 82.7 Å². The van der Waals surface area contributed by atoms with E-state index in [1.165, 1.54) is 0 Å². The average molecular weight is 259 g/mol. The molecule has 0 aliphatic rings. The number of benzene rings is 1. The maximum Gasteiger partial charge on any atom is 0.140 e. The minimum Gasteiger partial charge on any atom is -0.382 e. The molecular weight excluding hydrogens is 249 g/mol. The third-order valence-corrected chi connectivity index (χ3v) is 2.82. The van der Waals surface area contributed by atoms with Crippen molar-refractivity contribution >= 4 is 30.5 Å². The van der Waals surface area contributed by atoms with Crippen molar-refractivity contribution < 1.29 is 21.9 Å². The van der Waals surface area contributed by atoms with E-state index >= 15 is 0 Å². The number of nitrogen functional groups attached to an aromatic ring is 1. The van der Waals surface area contributed by atoms with Crippen LogP contribution >= 0.6 is 8.46 Å². The second kappa shape index (κ2) is 4.67. The quantitative estimate of drug-likeness (QED) is 0.424. The first kappa shape index (κ1) is 12.1. The Balaban J connectivity index is 0.00000112. The Labute approximate surface area is 98.7 Å². The van der Waals surface area contributed by atoms with Crippen molar-refractivity contribution in [3.63, 3.8) is 0 Å². The van der Waals surface area contributed by atoms with Crippen molar-refractivity contribution in [2.24, 2.45) is 5.73 Å². The van der Waals surface area contributed by atoms with Gasteiger partial charge in [0.15, 0.2) is 0 Å². The smallest absolute Gasteiger partial charge is 0.140 e. The van der Waals surface area contributed by atoms with E-state index in [0.29, 0.717) is 11.1 Å². The van der Waals surface area contributed by atoms with Gasteiger partial charge in [-0.25, -0.2) is 0 Å². The molecule has 1 aromatic heterocycles. The third-order valence-electron chi connectivity index (χ3n) is 2.13. The maximum atomic E-state index is 10.9. The van der Waals surface area contributed by atoms with Crippen molar-refractivity contribution in [2.45, 2.75) is 0 Å². The molecule has 0 amide bonds. The van der Waals surface area contributed by atoms with Gasteiger partial charge in [-0.05, 0) is 0 Å². The normalized spacial score (nSPS) is 10.7. The van der Waals surface area contributed by atoms with Gasteiger partial charge in [0.1, 0.15) is 14.3 Å². The number of rotatable bonds is 2. The van der Waals surface area contributed by atoms with Gasteiger partial charge >= 0.3 is 0 Å². The van der Waals surface area contributed by atoms with Gasteiger partial charge in [0, 0.05) is 28.1 Å². The molecule has 2 aromatic rings. The summed E-state index contributed by atoms with van der Waals surface area (Å²) in [6.07, 6.45) is 0. The fraction of sp³-hybridized carbons (Fsp3) is 0. The Morgan fingerprint density at radius 3 is 2.47 bits per heavy atom. The molecule has 6 heteroatoms. The Morgan fingerprint density at radius 1 is 1.33 bits per heavy atom. The van der Waals surface area contributed by atoms with E-state index < -0.39 is 8.46 Å². The summed E-state index contributed by atoms with van der Waals surface area (Å²) in [5, 5.41) is 9.11. The number of nitrogens with one attached hydrogen (secondary N) is 2. The van der Waals surface area contributed by atoms with Crippen LogP contribution < -0.4 is 11.2 Å². The van der Waals surface area contributed by atoms with Crippen LogP contribution in [0.15, 0.2) is 24.3 Å². The van der Waals surface area contributed by atoms with Gasteiger partial charge in [-0.15, -0.1) is 0 Å². The molecular formula is C9H10CrN3OP. The molecule has 0 radical (unpaired) electrons. The molecule has 0 saturated heterocycles. The number of H-pyrrole nitrogens is 1. The van der Waals surface area contributed by atoms with Crippen LogP contribution in [0, 0.1) is 5.41 Å². The minimum absolute atomic E-state index is 0. The number of hydrogen-bond acceptors (Lipinski definition) is 2. The van der Waals surface area contributed by atoms with E-state index in [-0.39, 0.29) is 23.2 Å². The molecule has 2 rings (SSSR count). The van der Waals surface area contributed by atoms with Crippen molar-refractivity contribution in [3.8, 4) is 0 Å². The molecule has 0 bridgehead atoms. The van der Waals surface area contributed by atoms with Crippen LogP contribution in [0.4, 0.5) is 0 Å². The summed E-state index contributed by atoms with van der Waals surface area (Å²) < 4.78 is 10.9. The molecule has 0 saturated carbocycles. The van der Waals surface area contributed by atoms with Crippen molar-refractivity contribution in [1.82, 2.24) is 4.98 Å². The largest absolute Gasteiger partial charge is 0.382 e.